The molecule has 2 amide bonds. The summed E-state index contributed by atoms with van der Waals surface area (Å²) in [4.78, 5) is 46.6. The number of imide groups is 1. The van der Waals surface area contributed by atoms with E-state index in [1.54, 1.807) is 29.3 Å². The molecule has 0 spiro atoms. The maximum atomic E-state index is 13.6. The van der Waals surface area contributed by atoms with E-state index >= 15 is 0 Å². The summed E-state index contributed by atoms with van der Waals surface area (Å²) in [6.07, 6.45) is -1.04. The fourth-order valence-electron chi connectivity index (χ4n) is 4.51. The molecule has 5 rings (SSSR count). The monoisotopic (exact) mass is 492 g/mol. The zero-order valence-corrected chi connectivity index (χ0v) is 19.6. The van der Waals surface area contributed by atoms with Crippen LogP contribution in [0.1, 0.15) is 11.6 Å². The number of rotatable bonds is 5. The van der Waals surface area contributed by atoms with E-state index in [9.17, 15) is 19.7 Å². The molecule has 3 aromatic carbocycles. The third-order valence-electron chi connectivity index (χ3n) is 6.27. The predicted molar refractivity (Wildman–Crippen MR) is 131 cm³/mol. The van der Waals surface area contributed by atoms with Crippen LogP contribution in [-0.2, 0) is 14.4 Å². The third-order valence-corrected chi connectivity index (χ3v) is 6.52. The Labute approximate surface area is 206 Å². The summed E-state index contributed by atoms with van der Waals surface area (Å²) in [5.74, 6) is -1.74. The van der Waals surface area contributed by atoms with Crippen LogP contribution >= 0.6 is 11.6 Å². The Morgan fingerprint density at radius 2 is 1.49 bits per heavy atom. The highest BCUT2D eigenvalue weighted by molar-refractivity contribution is 6.30. The van der Waals surface area contributed by atoms with Crippen molar-refractivity contribution in [3.05, 3.63) is 93.5 Å². The van der Waals surface area contributed by atoms with Gasteiger partial charge < -0.3 is 4.90 Å². The average molecular weight is 493 g/mol. The first-order valence-electron chi connectivity index (χ1n) is 10.9. The summed E-state index contributed by atoms with van der Waals surface area (Å²) in [7, 11) is 3.87. The molecule has 0 bridgehead atoms. The quantitative estimate of drug-likeness (QED) is 0.296. The second kappa shape index (κ2) is 8.68. The van der Waals surface area contributed by atoms with Crippen molar-refractivity contribution in [3.63, 3.8) is 0 Å². The molecule has 10 heteroatoms. The van der Waals surface area contributed by atoms with Gasteiger partial charge in [-0.05, 0) is 54.1 Å². The topological polar surface area (TPSA) is 96.2 Å². The molecule has 178 valence electrons. The number of halogens is 1. The fourth-order valence-corrected chi connectivity index (χ4v) is 4.64. The van der Waals surface area contributed by atoms with Crippen LogP contribution in [0.15, 0.2) is 72.8 Å². The van der Waals surface area contributed by atoms with Gasteiger partial charge in [0.05, 0.1) is 22.3 Å². The lowest BCUT2D eigenvalue weighted by Crippen LogP contribution is -2.37. The Kier molecular flexibility index (Phi) is 5.66. The number of amides is 2. The van der Waals surface area contributed by atoms with Gasteiger partial charge in [-0.3, -0.25) is 24.5 Å². The Bertz CT molecular complexity index is 1290. The van der Waals surface area contributed by atoms with Gasteiger partial charge >= 0.3 is 0 Å². The molecule has 0 aliphatic carbocycles. The van der Waals surface area contributed by atoms with Crippen LogP contribution in [0, 0.1) is 16.0 Å². The Hall–Kier alpha value is -3.95. The number of anilines is 3. The standard InChI is InChI=1S/C25H21ClN4O5/c1-27(2)17-7-3-15(4-8-17)22-21-23(35-29(22)19-9-5-16(26)6-10-19)25(32)28(24(21)31)18-11-13-20(14-12-18)30(33)34/h3-14,21-23H,1-2H3/t21-,22+,23-/m0/s1. The smallest absolute Gasteiger partial charge is 0.269 e. The van der Waals surface area contributed by atoms with Gasteiger partial charge in [-0.1, -0.05) is 23.7 Å². The minimum absolute atomic E-state index is 0.128. The predicted octanol–water partition coefficient (Wildman–Crippen LogP) is 4.37. The second-order valence-corrected chi connectivity index (χ2v) is 9.01. The molecular weight excluding hydrogens is 472 g/mol. The van der Waals surface area contributed by atoms with Crippen molar-refractivity contribution in [1.82, 2.24) is 0 Å². The number of hydroxylamine groups is 1. The molecule has 0 N–H and O–H groups in total. The average Bonchev–Trinajstić information content (AvgIpc) is 3.35. The van der Waals surface area contributed by atoms with Crippen LogP contribution in [0.25, 0.3) is 0 Å². The van der Waals surface area contributed by atoms with Crippen LogP contribution in [0.2, 0.25) is 5.02 Å². The van der Waals surface area contributed by atoms with Crippen molar-refractivity contribution in [2.75, 3.05) is 29.0 Å². The highest BCUT2D eigenvalue weighted by Crippen LogP contribution is 2.48. The van der Waals surface area contributed by atoms with E-state index in [2.05, 4.69) is 0 Å². The van der Waals surface area contributed by atoms with Gasteiger partial charge in [-0.2, -0.15) is 0 Å². The van der Waals surface area contributed by atoms with Crippen LogP contribution in [0.5, 0.6) is 0 Å². The number of carbonyl (C=O) groups is 2. The molecule has 3 atom stereocenters. The van der Waals surface area contributed by atoms with E-state index < -0.39 is 34.8 Å². The molecule has 0 unspecified atom stereocenters. The van der Waals surface area contributed by atoms with E-state index in [1.807, 2.05) is 43.3 Å². The summed E-state index contributed by atoms with van der Waals surface area (Å²) in [5, 5.41) is 13.1. The number of hydrogen-bond donors (Lipinski definition) is 0. The minimum atomic E-state index is -1.04. The number of nitrogens with zero attached hydrogens (tertiary/aromatic N) is 4. The van der Waals surface area contributed by atoms with E-state index in [0.717, 1.165) is 16.2 Å². The highest BCUT2D eigenvalue weighted by atomic mass is 35.5. The maximum Gasteiger partial charge on any atom is 0.269 e. The summed E-state index contributed by atoms with van der Waals surface area (Å²) >= 11 is 6.06. The van der Waals surface area contributed by atoms with Crippen molar-refractivity contribution in [2.45, 2.75) is 12.1 Å². The first-order chi connectivity index (χ1) is 16.8. The number of nitro benzene ring substituents is 1. The molecule has 0 aromatic heterocycles. The number of nitro groups is 1. The molecule has 0 saturated carbocycles. The molecule has 2 aliphatic rings. The number of hydrogen-bond acceptors (Lipinski definition) is 7. The first-order valence-corrected chi connectivity index (χ1v) is 11.2. The molecular formula is C25H21ClN4O5. The van der Waals surface area contributed by atoms with Gasteiger partial charge in [0.1, 0.15) is 5.92 Å². The molecule has 2 heterocycles. The maximum absolute atomic E-state index is 13.6. The molecule has 3 aromatic rings. The minimum Gasteiger partial charge on any atom is -0.378 e. The van der Waals surface area contributed by atoms with Gasteiger partial charge in [0.25, 0.3) is 11.6 Å². The Balaban J connectivity index is 1.54. The van der Waals surface area contributed by atoms with Crippen molar-refractivity contribution >= 4 is 46.2 Å². The van der Waals surface area contributed by atoms with Gasteiger partial charge in [0.2, 0.25) is 5.91 Å². The molecule has 35 heavy (non-hydrogen) atoms. The fraction of sp³-hybridized carbons (Fsp3) is 0.200. The first kappa shape index (κ1) is 22.8. The van der Waals surface area contributed by atoms with Crippen molar-refractivity contribution < 1.29 is 19.3 Å². The molecule has 9 nitrogen and oxygen atoms in total. The zero-order valence-electron chi connectivity index (χ0n) is 18.9. The lowest BCUT2D eigenvalue weighted by atomic mass is 9.90. The summed E-state index contributed by atoms with van der Waals surface area (Å²) in [5.41, 5.74) is 2.60. The molecule has 0 radical (unpaired) electrons. The Morgan fingerprint density at radius 1 is 0.886 bits per heavy atom. The summed E-state index contributed by atoms with van der Waals surface area (Å²) < 4.78 is 0. The van der Waals surface area contributed by atoms with Crippen molar-refractivity contribution in [3.8, 4) is 0 Å². The number of fused-ring (bicyclic) bond motifs is 1. The Morgan fingerprint density at radius 3 is 2.06 bits per heavy atom. The van der Waals surface area contributed by atoms with E-state index in [-0.39, 0.29) is 11.4 Å². The van der Waals surface area contributed by atoms with Gasteiger partial charge in [0.15, 0.2) is 6.10 Å². The van der Waals surface area contributed by atoms with Crippen LogP contribution < -0.4 is 14.9 Å². The second-order valence-electron chi connectivity index (χ2n) is 8.57. The van der Waals surface area contributed by atoms with E-state index in [1.165, 1.54) is 24.3 Å². The molecule has 2 saturated heterocycles. The van der Waals surface area contributed by atoms with Gasteiger partial charge in [-0.25, -0.2) is 9.96 Å². The molecule has 2 aliphatic heterocycles. The normalized spacial score (nSPS) is 21.4. The van der Waals surface area contributed by atoms with Crippen molar-refractivity contribution in [2.24, 2.45) is 5.92 Å². The number of non-ortho nitro benzene ring substituents is 1. The zero-order chi connectivity index (χ0) is 24.9. The largest absolute Gasteiger partial charge is 0.378 e. The molecule has 2 fully saturated rings. The van der Waals surface area contributed by atoms with E-state index in [4.69, 9.17) is 16.4 Å². The van der Waals surface area contributed by atoms with Crippen molar-refractivity contribution in [1.29, 1.82) is 0 Å². The summed E-state index contributed by atoms with van der Waals surface area (Å²) in [6.45, 7) is 0. The lowest BCUT2D eigenvalue weighted by molar-refractivity contribution is -0.384. The summed E-state index contributed by atoms with van der Waals surface area (Å²) in [6, 6.07) is 19.4. The van der Waals surface area contributed by atoms with Crippen LogP contribution in [-0.4, -0.2) is 36.9 Å². The number of benzene rings is 3. The van der Waals surface area contributed by atoms with E-state index in [0.29, 0.717) is 10.7 Å². The van der Waals surface area contributed by atoms with Crippen LogP contribution in [0.4, 0.5) is 22.7 Å². The lowest BCUT2D eigenvalue weighted by Gasteiger charge is -2.29. The number of carbonyl (C=O) groups excluding carboxylic acids is 2. The third kappa shape index (κ3) is 3.88. The van der Waals surface area contributed by atoms with Gasteiger partial charge in [0, 0.05) is 36.9 Å². The van der Waals surface area contributed by atoms with Gasteiger partial charge in [-0.15, -0.1) is 0 Å². The SMILES string of the molecule is CN(C)c1ccc([C@@H]2[C@@H]3C(=O)N(c4ccc([N+](=O)[O-])cc4)C(=O)[C@H]3ON2c2ccc(Cl)cc2)cc1. The highest BCUT2D eigenvalue weighted by Gasteiger charge is 2.60. The van der Waals surface area contributed by atoms with Crippen LogP contribution in [0.3, 0.4) is 0 Å².